The van der Waals surface area contributed by atoms with Crippen molar-refractivity contribution in [1.29, 1.82) is 0 Å². The zero-order chi connectivity index (χ0) is 20.1. The van der Waals surface area contributed by atoms with Crippen molar-refractivity contribution in [3.05, 3.63) is 53.6 Å². The van der Waals surface area contributed by atoms with Gasteiger partial charge < -0.3 is 10.2 Å². The van der Waals surface area contributed by atoms with Gasteiger partial charge in [-0.2, -0.15) is 8.78 Å². The first kappa shape index (κ1) is 20.6. The molecular formula is C21H25F2N3OS. The second-order valence-corrected chi connectivity index (χ2v) is 7.94. The molecule has 1 N–H and O–H groups in total. The summed E-state index contributed by atoms with van der Waals surface area (Å²) >= 11 is 0.445. The van der Waals surface area contributed by atoms with E-state index >= 15 is 0 Å². The lowest BCUT2D eigenvalue weighted by molar-refractivity contribution is -0.117. The van der Waals surface area contributed by atoms with Gasteiger partial charge in [-0.05, 0) is 43.2 Å². The number of carbonyl (C=O) groups excluding carboxylic acids is 1. The smallest absolute Gasteiger partial charge is 0.288 e. The van der Waals surface area contributed by atoms with E-state index < -0.39 is 5.76 Å². The largest absolute Gasteiger partial charge is 0.369 e. The van der Waals surface area contributed by atoms with E-state index in [0.29, 0.717) is 22.3 Å². The predicted octanol–water partition coefficient (Wildman–Crippen LogP) is 4.38. The fourth-order valence-electron chi connectivity index (χ4n) is 3.39. The number of amides is 1. The Morgan fingerprint density at radius 2 is 1.79 bits per heavy atom. The van der Waals surface area contributed by atoms with Gasteiger partial charge in [0.1, 0.15) is 0 Å². The molecule has 1 aliphatic rings. The number of aryl methyl sites for hydroxylation is 1. The van der Waals surface area contributed by atoms with Crippen LogP contribution < -0.4 is 10.2 Å². The Bertz CT molecular complexity index is 823. The van der Waals surface area contributed by atoms with Crippen molar-refractivity contribution in [1.82, 2.24) is 4.90 Å². The van der Waals surface area contributed by atoms with Crippen LogP contribution in [0, 0.1) is 13.8 Å². The number of benzene rings is 2. The summed E-state index contributed by atoms with van der Waals surface area (Å²) in [6.07, 6.45) is 0. The number of thioether (sulfide) groups is 1. The van der Waals surface area contributed by atoms with Gasteiger partial charge in [0.15, 0.2) is 0 Å². The van der Waals surface area contributed by atoms with Crippen molar-refractivity contribution >= 4 is 29.0 Å². The van der Waals surface area contributed by atoms with E-state index in [4.69, 9.17) is 0 Å². The fraction of sp³-hybridized carbons (Fsp3) is 0.381. The van der Waals surface area contributed by atoms with E-state index in [1.807, 2.05) is 0 Å². The van der Waals surface area contributed by atoms with Crippen LogP contribution >= 0.6 is 11.8 Å². The van der Waals surface area contributed by atoms with Gasteiger partial charge in [-0.15, -0.1) is 0 Å². The van der Waals surface area contributed by atoms with Crippen LogP contribution in [0.3, 0.4) is 0 Å². The minimum atomic E-state index is -2.52. The van der Waals surface area contributed by atoms with Crippen molar-refractivity contribution in [2.45, 2.75) is 24.5 Å². The van der Waals surface area contributed by atoms with E-state index in [-0.39, 0.29) is 12.5 Å². The van der Waals surface area contributed by atoms with Gasteiger partial charge in [0.25, 0.3) is 5.76 Å². The molecule has 7 heteroatoms. The highest BCUT2D eigenvalue weighted by Crippen LogP contribution is 2.31. The van der Waals surface area contributed by atoms with Gasteiger partial charge in [-0.1, -0.05) is 36.0 Å². The first-order valence-electron chi connectivity index (χ1n) is 9.31. The number of hydrogen-bond donors (Lipinski definition) is 1. The van der Waals surface area contributed by atoms with Gasteiger partial charge in [0.05, 0.1) is 12.2 Å². The SMILES string of the molecule is Cc1cccc(N2CCN(CC(=O)Nc3ccccc3SC(F)F)CC2)c1C. The summed E-state index contributed by atoms with van der Waals surface area (Å²) in [5, 5.41) is 2.77. The summed E-state index contributed by atoms with van der Waals surface area (Å²) in [4.78, 5) is 17.2. The molecule has 0 aromatic heterocycles. The number of hydrogen-bond acceptors (Lipinski definition) is 4. The molecule has 0 atom stereocenters. The molecule has 4 nitrogen and oxygen atoms in total. The molecule has 0 unspecified atom stereocenters. The minimum absolute atomic E-state index is 0.178. The number of nitrogens with zero attached hydrogens (tertiary/aromatic N) is 2. The maximum absolute atomic E-state index is 12.7. The van der Waals surface area contributed by atoms with Crippen molar-refractivity contribution in [3.63, 3.8) is 0 Å². The summed E-state index contributed by atoms with van der Waals surface area (Å²) in [6.45, 7) is 7.80. The zero-order valence-corrected chi connectivity index (χ0v) is 16.9. The van der Waals surface area contributed by atoms with E-state index in [0.717, 1.165) is 26.2 Å². The zero-order valence-electron chi connectivity index (χ0n) is 16.1. The van der Waals surface area contributed by atoms with Crippen molar-refractivity contribution in [3.8, 4) is 0 Å². The fourth-order valence-corrected chi connectivity index (χ4v) is 3.98. The lowest BCUT2D eigenvalue weighted by atomic mass is 10.1. The van der Waals surface area contributed by atoms with Crippen LogP contribution in [0.4, 0.5) is 20.2 Å². The van der Waals surface area contributed by atoms with Crippen LogP contribution in [0.15, 0.2) is 47.4 Å². The number of para-hydroxylation sites is 1. The lowest BCUT2D eigenvalue weighted by Crippen LogP contribution is -2.48. The summed E-state index contributed by atoms with van der Waals surface area (Å²) in [5.41, 5.74) is 4.26. The minimum Gasteiger partial charge on any atom is -0.369 e. The molecular weight excluding hydrogens is 380 g/mol. The molecule has 2 aromatic rings. The number of nitrogens with one attached hydrogen (secondary N) is 1. The Morgan fingerprint density at radius 3 is 2.50 bits per heavy atom. The van der Waals surface area contributed by atoms with E-state index in [9.17, 15) is 13.6 Å². The van der Waals surface area contributed by atoms with Crippen molar-refractivity contribution in [2.24, 2.45) is 0 Å². The molecule has 2 aromatic carbocycles. The van der Waals surface area contributed by atoms with Crippen LogP contribution in [0.1, 0.15) is 11.1 Å². The average Bonchev–Trinajstić information content (AvgIpc) is 2.66. The second kappa shape index (κ2) is 9.39. The normalized spacial score (nSPS) is 15.1. The first-order chi connectivity index (χ1) is 13.4. The first-order valence-corrected chi connectivity index (χ1v) is 10.2. The molecule has 0 saturated carbocycles. The van der Waals surface area contributed by atoms with Crippen molar-refractivity contribution in [2.75, 3.05) is 42.9 Å². The average molecular weight is 406 g/mol. The van der Waals surface area contributed by atoms with Crippen LogP contribution in [0.2, 0.25) is 0 Å². The summed E-state index contributed by atoms with van der Waals surface area (Å²) in [5.74, 6) is -2.70. The third-order valence-electron chi connectivity index (χ3n) is 5.03. The Kier molecular flexibility index (Phi) is 6.91. The highest BCUT2D eigenvalue weighted by molar-refractivity contribution is 7.99. The molecule has 1 fully saturated rings. The van der Waals surface area contributed by atoms with E-state index in [2.05, 4.69) is 47.2 Å². The quantitative estimate of drug-likeness (QED) is 0.724. The molecule has 1 aliphatic heterocycles. The number of carbonyl (C=O) groups is 1. The summed E-state index contributed by atoms with van der Waals surface area (Å²) < 4.78 is 25.4. The topological polar surface area (TPSA) is 35.6 Å². The number of rotatable bonds is 6. The lowest BCUT2D eigenvalue weighted by Gasteiger charge is -2.36. The Labute approximate surface area is 168 Å². The molecule has 0 radical (unpaired) electrons. The molecule has 1 heterocycles. The van der Waals surface area contributed by atoms with Gasteiger partial charge in [-0.25, -0.2) is 0 Å². The van der Waals surface area contributed by atoms with Gasteiger partial charge in [0.2, 0.25) is 5.91 Å². The van der Waals surface area contributed by atoms with Gasteiger partial charge in [0, 0.05) is 36.8 Å². The monoisotopic (exact) mass is 405 g/mol. The number of piperazine rings is 1. The molecule has 0 bridgehead atoms. The molecule has 0 aliphatic carbocycles. The number of anilines is 2. The van der Waals surface area contributed by atoms with Crippen LogP contribution in [0.5, 0.6) is 0 Å². The van der Waals surface area contributed by atoms with Gasteiger partial charge >= 0.3 is 0 Å². The van der Waals surface area contributed by atoms with Gasteiger partial charge in [-0.3, -0.25) is 9.69 Å². The third-order valence-corrected chi connectivity index (χ3v) is 5.82. The van der Waals surface area contributed by atoms with Crippen LogP contribution in [-0.4, -0.2) is 49.3 Å². The van der Waals surface area contributed by atoms with Crippen molar-refractivity contribution < 1.29 is 13.6 Å². The van der Waals surface area contributed by atoms with Crippen LogP contribution in [-0.2, 0) is 4.79 Å². The Hall–Kier alpha value is -2.12. The summed E-state index contributed by atoms with van der Waals surface area (Å²) in [6, 6.07) is 13.0. The second-order valence-electron chi connectivity index (χ2n) is 6.91. The molecule has 0 spiro atoms. The molecule has 3 rings (SSSR count). The third kappa shape index (κ3) is 5.23. The molecule has 1 amide bonds. The van der Waals surface area contributed by atoms with E-state index in [1.54, 1.807) is 24.3 Å². The molecule has 150 valence electrons. The Morgan fingerprint density at radius 1 is 1.07 bits per heavy atom. The highest BCUT2D eigenvalue weighted by atomic mass is 32.2. The molecule has 1 saturated heterocycles. The highest BCUT2D eigenvalue weighted by Gasteiger charge is 2.21. The predicted molar refractivity (Wildman–Crippen MR) is 112 cm³/mol. The summed E-state index contributed by atoms with van der Waals surface area (Å²) in [7, 11) is 0. The number of alkyl halides is 2. The van der Waals surface area contributed by atoms with Crippen LogP contribution in [0.25, 0.3) is 0 Å². The standard InChI is InChI=1S/C21H25F2N3OS/c1-15-6-5-8-18(16(15)2)26-12-10-25(11-13-26)14-20(27)24-17-7-3-4-9-19(17)28-21(22)23/h3-9,21H,10-14H2,1-2H3,(H,24,27). The maximum atomic E-state index is 12.7. The van der Waals surface area contributed by atoms with E-state index in [1.165, 1.54) is 16.8 Å². The Balaban J connectivity index is 1.54. The maximum Gasteiger partial charge on any atom is 0.288 e. The number of halogens is 2. The molecule has 28 heavy (non-hydrogen) atoms.